The normalized spacial score (nSPS) is 23.8. The summed E-state index contributed by atoms with van der Waals surface area (Å²) in [7, 11) is 2.05. The predicted molar refractivity (Wildman–Crippen MR) is 71.1 cm³/mol. The molecule has 1 N–H and O–H groups in total. The van der Waals surface area contributed by atoms with Crippen LogP contribution in [0.25, 0.3) is 0 Å². The molecule has 2 atom stereocenters. The van der Waals surface area contributed by atoms with Crippen molar-refractivity contribution in [2.75, 3.05) is 26.7 Å². The lowest BCUT2D eigenvalue weighted by Gasteiger charge is -2.23. The van der Waals surface area contributed by atoms with Gasteiger partial charge in [0, 0.05) is 17.5 Å². The van der Waals surface area contributed by atoms with E-state index in [1.54, 1.807) is 0 Å². The number of thiophene rings is 1. The van der Waals surface area contributed by atoms with Crippen LogP contribution in [-0.2, 0) is 6.42 Å². The van der Waals surface area contributed by atoms with E-state index in [4.69, 9.17) is 0 Å². The summed E-state index contributed by atoms with van der Waals surface area (Å²) < 4.78 is 0. The molecule has 16 heavy (non-hydrogen) atoms. The molecule has 0 aliphatic carbocycles. The third-order valence-electron chi connectivity index (χ3n) is 3.51. The fourth-order valence-corrected chi connectivity index (χ4v) is 3.39. The van der Waals surface area contributed by atoms with E-state index in [2.05, 4.69) is 41.7 Å². The summed E-state index contributed by atoms with van der Waals surface area (Å²) in [5.41, 5.74) is 0. The summed E-state index contributed by atoms with van der Waals surface area (Å²) in [5.74, 6) is 0.857. The molecule has 3 heteroatoms. The van der Waals surface area contributed by atoms with Gasteiger partial charge in [-0.15, -0.1) is 11.3 Å². The maximum Gasteiger partial charge on any atom is 0.0115 e. The summed E-state index contributed by atoms with van der Waals surface area (Å²) in [6.07, 6.45) is 2.57. The minimum absolute atomic E-state index is 0.695. The minimum Gasteiger partial charge on any atom is -0.319 e. The SMILES string of the molecule is CNCC1CCN(C(C)Cc2cccs2)C1. The van der Waals surface area contributed by atoms with Gasteiger partial charge in [0.15, 0.2) is 0 Å². The number of rotatable bonds is 5. The first-order valence-electron chi connectivity index (χ1n) is 6.20. The third kappa shape index (κ3) is 3.06. The molecule has 0 saturated carbocycles. The van der Waals surface area contributed by atoms with Gasteiger partial charge in [-0.1, -0.05) is 6.07 Å². The van der Waals surface area contributed by atoms with Crippen LogP contribution in [0, 0.1) is 5.92 Å². The number of nitrogens with zero attached hydrogens (tertiary/aromatic N) is 1. The molecule has 0 aromatic carbocycles. The maximum absolute atomic E-state index is 3.29. The Labute approximate surface area is 103 Å². The van der Waals surface area contributed by atoms with Crippen molar-refractivity contribution in [3.05, 3.63) is 22.4 Å². The Kier molecular flexibility index (Phi) is 4.38. The maximum atomic E-state index is 3.29. The summed E-state index contributed by atoms with van der Waals surface area (Å²) in [6.45, 7) is 6.08. The molecule has 1 aliphatic heterocycles. The van der Waals surface area contributed by atoms with Crippen molar-refractivity contribution < 1.29 is 0 Å². The van der Waals surface area contributed by atoms with Crippen molar-refractivity contribution in [2.24, 2.45) is 5.92 Å². The number of hydrogen-bond donors (Lipinski definition) is 1. The molecular weight excluding hydrogens is 216 g/mol. The van der Waals surface area contributed by atoms with Crippen LogP contribution < -0.4 is 5.32 Å². The Morgan fingerprint density at radius 2 is 2.50 bits per heavy atom. The fourth-order valence-electron chi connectivity index (χ4n) is 2.57. The number of hydrogen-bond acceptors (Lipinski definition) is 3. The van der Waals surface area contributed by atoms with E-state index in [0.717, 1.165) is 5.92 Å². The van der Waals surface area contributed by atoms with E-state index in [9.17, 15) is 0 Å². The highest BCUT2D eigenvalue weighted by Gasteiger charge is 2.25. The Hall–Kier alpha value is -0.380. The molecule has 0 amide bonds. The molecule has 2 rings (SSSR count). The van der Waals surface area contributed by atoms with E-state index in [1.165, 1.54) is 37.4 Å². The third-order valence-corrected chi connectivity index (χ3v) is 4.41. The molecule has 0 bridgehead atoms. The van der Waals surface area contributed by atoms with Gasteiger partial charge in [0.2, 0.25) is 0 Å². The van der Waals surface area contributed by atoms with Gasteiger partial charge < -0.3 is 5.32 Å². The van der Waals surface area contributed by atoms with E-state index in [0.29, 0.717) is 6.04 Å². The largest absolute Gasteiger partial charge is 0.319 e. The first kappa shape index (κ1) is 12.1. The van der Waals surface area contributed by atoms with Crippen LogP contribution in [0.15, 0.2) is 17.5 Å². The van der Waals surface area contributed by atoms with Crippen LogP contribution in [-0.4, -0.2) is 37.6 Å². The predicted octanol–water partition coefficient (Wildman–Crippen LogP) is 2.22. The first-order valence-corrected chi connectivity index (χ1v) is 7.08. The van der Waals surface area contributed by atoms with Gasteiger partial charge >= 0.3 is 0 Å². The molecule has 0 spiro atoms. The molecular formula is C13H22N2S. The van der Waals surface area contributed by atoms with Crippen LogP contribution >= 0.6 is 11.3 Å². The lowest BCUT2D eigenvalue weighted by molar-refractivity contribution is 0.248. The topological polar surface area (TPSA) is 15.3 Å². The molecule has 2 heterocycles. The molecule has 2 unspecified atom stereocenters. The Morgan fingerprint density at radius 3 is 3.19 bits per heavy atom. The van der Waals surface area contributed by atoms with Crippen LogP contribution in [0.4, 0.5) is 0 Å². The van der Waals surface area contributed by atoms with Crippen molar-refractivity contribution in [3.8, 4) is 0 Å². The zero-order chi connectivity index (χ0) is 11.4. The lowest BCUT2D eigenvalue weighted by atomic mass is 10.1. The van der Waals surface area contributed by atoms with Gasteiger partial charge in [-0.2, -0.15) is 0 Å². The molecule has 0 radical (unpaired) electrons. The van der Waals surface area contributed by atoms with Gasteiger partial charge in [0.25, 0.3) is 0 Å². The van der Waals surface area contributed by atoms with E-state index < -0.39 is 0 Å². The fraction of sp³-hybridized carbons (Fsp3) is 0.692. The molecule has 1 saturated heterocycles. The van der Waals surface area contributed by atoms with Crippen molar-refractivity contribution in [3.63, 3.8) is 0 Å². The van der Waals surface area contributed by atoms with Crippen LogP contribution in [0.1, 0.15) is 18.2 Å². The van der Waals surface area contributed by atoms with Crippen molar-refractivity contribution in [2.45, 2.75) is 25.8 Å². The zero-order valence-corrected chi connectivity index (χ0v) is 11.1. The second-order valence-corrected chi connectivity index (χ2v) is 5.87. The second kappa shape index (κ2) is 5.80. The Morgan fingerprint density at radius 1 is 1.62 bits per heavy atom. The molecule has 1 aromatic rings. The quantitative estimate of drug-likeness (QED) is 0.846. The van der Waals surface area contributed by atoms with Crippen molar-refractivity contribution >= 4 is 11.3 Å². The zero-order valence-electron chi connectivity index (χ0n) is 10.3. The monoisotopic (exact) mass is 238 g/mol. The van der Waals surface area contributed by atoms with Gasteiger partial charge in [-0.05, 0) is 57.3 Å². The second-order valence-electron chi connectivity index (χ2n) is 4.84. The molecule has 1 aliphatic rings. The highest BCUT2D eigenvalue weighted by atomic mass is 32.1. The average molecular weight is 238 g/mol. The Balaban J connectivity index is 1.80. The van der Waals surface area contributed by atoms with Gasteiger partial charge in [-0.3, -0.25) is 4.90 Å². The average Bonchev–Trinajstić information content (AvgIpc) is 2.89. The summed E-state index contributed by atoms with van der Waals surface area (Å²) >= 11 is 1.88. The lowest BCUT2D eigenvalue weighted by Crippen LogP contribution is -2.33. The molecule has 1 aromatic heterocycles. The smallest absolute Gasteiger partial charge is 0.0115 e. The molecule has 2 nitrogen and oxygen atoms in total. The van der Waals surface area contributed by atoms with Crippen LogP contribution in [0.5, 0.6) is 0 Å². The summed E-state index contributed by atoms with van der Waals surface area (Å²) in [4.78, 5) is 4.16. The Bertz CT molecular complexity index is 297. The molecule has 1 fully saturated rings. The van der Waals surface area contributed by atoms with Crippen LogP contribution in [0.2, 0.25) is 0 Å². The van der Waals surface area contributed by atoms with E-state index in [-0.39, 0.29) is 0 Å². The van der Waals surface area contributed by atoms with Crippen molar-refractivity contribution in [1.82, 2.24) is 10.2 Å². The highest BCUT2D eigenvalue weighted by Crippen LogP contribution is 2.21. The minimum atomic E-state index is 0.695. The highest BCUT2D eigenvalue weighted by molar-refractivity contribution is 7.09. The van der Waals surface area contributed by atoms with Crippen LogP contribution in [0.3, 0.4) is 0 Å². The van der Waals surface area contributed by atoms with Crippen molar-refractivity contribution in [1.29, 1.82) is 0 Å². The summed E-state index contributed by atoms with van der Waals surface area (Å²) in [5, 5.41) is 5.47. The number of likely N-dealkylation sites (tertiary alicyclic amines) is 1. The standard InChI is InChI=1S/C13H22N2S/c1-11(8-13-4-3-7-16-13)15-6-5-12(10-15)9-14-2/h3-4,7,11-12,14H,5-6,8-10H2,1-2H3. The first-order chi connectivity index (χ1) is 7.79. The van der Waals surface area contributed by atoms with E-state index in [1.807, 2.05) is 11.3 Å². The van der Waals surface area contributed by atoms with Gasteiger partial charge in [0.05, 0.1) is 0 Å². The van der Waals surface area contributed by atoms with Gasteiger partial charge in [-0.25, -0.2) is 0 Å². The molecule has 90 valence electrons. The number of nitrogens with one attached hydrogen (secondary N) is 1. The van der Waals surface area contributed by atoms with Gasteiger partial charge in [0.1, 0.15) is 0 Å². The summed E-state index contributed by atoms with van der Waals surface area (Å²) in [6, 6.07) is 5.10. The van der Waals surface area contributed by atoms with E-state index >= 15 is 0 Å².